The largest absolute Gasteiger partial charge is 0.349 e. The maximum atomic E-state index is 12.6. The Balaban J connectivity index is 1.83. The summed E-state index contributed by atoms with van der Waals surface area (Å²) in [7, 11) is 0. The molecule has 0 aromatic heterocycles. The Morgan fingerprint density at radius 1 is 1.19 bits per heavy atom. The Morgan fingerprint density at radius 2 is 1.95 bits per heavy atom. The van der Waals surface area contributed by atoms with Crippen LogP contribution in [0.15, 0.2) is 54.6 Å². The monoisotopic (exact) mass is 279 g/mol. The van der Waals surface area contributed by atoms with Gasteiger partial charge >= 0.3 is 0 Å². The number of fused-ring (bicyclic) bond motifs is 1. The van der Waals surface area contributed by atoms with E-state index in [0.29, 0.717) is 5.92 Å². The first-order valence-corrected chi connectivity index (χ1v) is 7.60. The van der Waals surface area contributed by atoms with Crippen molar-refractivity contribution in [2.24, 2.45) is 5.92 Å². The van der Waals surface area contributed by atoms with E-state index in [1.54, 1.807) is 0 Å². The van der Waals surface area contributed by atoms with Gasteiger partial charge in [-0.1, -0.05) is 55.5 Å². The van der Waals surface area contributed by atoms with Crippen LogP contribution in [0.3, 0.4) is 0 Å². The van der Waals surface area contributed by atoms with E-state index in [-0.39, 0.29) is 11.9 Å². The Hall–Kier alpha value is -2.09. The van der Waals surface area contributed by atoms with Crippen molar-refractivity contribution in [2.45, 2.75) is 32.2 Å². The molecule has 1 fully saturated rings. The molecule has 0 saturated heterocycles. The number of amides is 1. The Morgan fingerprint density at radius 3 is 2.76 bits per heavy atom. The molecule has 0 heterocycles. The van der Waals surface area contributed by atoms with E-state index in [2.05, 4.69) is 18.8 Å². The third kappa shape index (κ3) is 2.85. The molecule has 2 atom stereocenters. The van der Waals surface area contributed by atoms with E-state index in [9.17, 15) is 4.79 Å². The molecular weight excluding hydrogens is 258 g/mol. The van der Waals surface area contributed by atoms with Gasteiger partial charge in [0.05, 0.1) is 0 Å². The summed E-state index contributed by atoms with van der Waals surface area (Å²) in [4.78, 5) is 12.6. The van der Waals surface area contributed by atoms with E-state index in [0.717, 1.165) is 35.6 Å². The molecule has 2 aromatic carbocycles. The molecule has 0 spiro atoms. The van der Waals surface area contributed by atoms with Crippen molar-refractivity contribution in [2.75, 3.05) is 0 Å². The van der Waals surface area contributed by atoms with Gasteiger partial charge in [-0.05, 0) is 42.0 Å². The van der Waals surface area contributed by atoms with E-state index in [1.165, 1.54) is 5.57 Å². The molecule has 1 aliphatic rings. The summed E-state index contributed by atoms with van der Waals surface area (Å²) in [5, 5.41) is 5.34. The molecule has 0 radical (unpaired) electrons. The molecule has 21 heavy (non-hydrogen) atoms. The average molecular weight is 279 g/mol. The lowest BCUT2D eigenvalue weighted by molar-refractivity contribution is 0.0918. The predicted molar refractivity (Wildman–Crippen MR) is 87.4 cm³/mol. The molecule has 3 rings (SSSR count). The van der Waals surface area contributed by atoms with E-state index >= 15 is 0 Å². The van der Waals surface area contributed by atoms with Gasteiger partial charge in [-0.15, -0.1) is 0 Å². The van der Waals surface area contributed by atoms with Crippen molar-refractivity contribution in [1.82, 2.24) is 5.32 Å². The Labute approximate surface area is 125 Å². The zero-order valence-electron chi connectivity index (χ0n) is 12.4. The maximum absolute atomic E-state index is 12.6. The van der Waals surface area contributed by atoms with Gasteiger partial charge in [-0.25, -0.2) is 0 Å². The fourth-order valence-corrected chi connectivity index (χ4v) is 3.23. The van der Waals surface area contributed by atoms with Crippen LogP contribution in [0, 0.1) is 5.92 Å². The summed E-state index contributed by atoms with van der Waals surface area (Å²) in [5.41, 5.74) is 2.07. The molecule has 0 aliphatic heterocycles. The standard InChI is InChI=1S/C19H21NO/c1-13-10-11-18(14(2)12-13)20-19(21)17-9-5-7-15-6-3-4-8-16(15)17/h3-9,14,18H,1,10-12H2,2H3,(H,20,21). The fraction of sp³-hybridized carbons (Fsp3) is 0.316. The van der Waals surface area contributed by atoms with Gasteiger partial charge in [0.2, 0.25) is 0 Å². The van der Waals surface area contributed by atoms with Crippen molar-refractivity contribution < 1.29 is 4.79 Å². The number of allylic oxidation sites excluding steroid dienone is 1. The minimum atomic E-state index is 0.0381. The first kappa shape index (κ1) is 13.9. The van der Waals surface area contributed by atoms with Gasteiger partial charge in [0.1, 0.15) is 0 Å². The second kappa shape index (κ2) is 5.72. The SMILES string of the molecule is C=C1CCC(NC(=O)c2cccc3ccccc23)C(C)C1. The Bertz CT molecular complexity index is 684. The van der Waals surface area contributed by atoms with Crippen LogP contribution >= 0.6 is 0 Å². The van der Waals surface area contributed by atoms with Crippen LogP contribution in [-0.2, 0) is 0 Å². The fourth-order valence-electron chi connectivity index (χ4n) is 3.23. The van der Waals surface area contributed by atoms with Crippen LogP contribution in [0.4, 0.5) is 0 Å². The lowest BCUT2D eigenvalue weighted by Gasteiger charge is -2.31. The van der Waals surface area contributed by atoms with Crippen molar-refractivity contribution in [1.29, 1.82) is 0 Å². The highest BCUT2D eigenvalue weighted by Crippen LogP contribution is 2.28. The van der Waals surface area contributed by atoms with Gasteiger partial charge in [-0.3, -0.25) is 4.79 Å². The molecule has 1 saturated carbocycles. The summed E-state index contributed by atoms with van der Waals surface area (Å²) in [5.74, 6) is 0.501. The van der Waals surface area contributed by atoms with Gasteiger partial charge in [0.15, 0.2) is 0 Å². The number of rotatable bonds is 2. The normalized spacial score (nSPS) is 22.2. The summed E-state index contributed by atoms with van der Waals surface area (Å²) >= 11 is 0. The first-order chi connectivity index (χ1) is 10.1. The molecule has 1 amide bonds. The summed E-state index contributed by atoms with van der Waals surface area (Å²) in [6, 6.07) is 14.2. The average Bonchev–Trinajstić information content (AvgIpc) is 2.49. The highest BCUT2D eigenvalue weighted by molar-refractivity contribution is 6.07. The number of carbonyl (C=O) groups is 1. The molecule has 108 valence electrons. The zero-order valence-corrected chi connectivity index (χ0v) is 12.4. The molecule has 2 unspecified atom stereocenters. The minimum Gasteiger partial charge on any atom is -0.349 e. The van der Waals surface area contributed by atoms with Crippen LogP contribution in [0.2, 0.25) is 0 Å². The third-order valence-electron chi connectivity index (χ3n) is 4.46. The van der Waals surface area contributed by atoms with Crippen LogP contribution < -0.4 is 5.32 Å². The highest BCUT2D eigenvalue weighted by atomic mass is 16.1. The number of hydrogen-bond donors (Lipinski definition) is 1. The number of hydrogen-bond acceptors (Lipinski definition) is 1. The molecule has 2 aromatic rings. The Kier molecular flexibility index (Phi) is 3.78. The van der Waals surface area contributed by atoms with Crippen LogP contribution in [-0.4, -0.2) is 11.9 Å². The first-order valence-electron chi connectivity index (χ1n) is 7.60. The lowest BCUT2D eigenvalue weighted by atomic mass is 9.83. The van der Waals surface area contributed by atoms with Crippen molar-refractivity contribution in [3.05, 3.63) is 60.2 Å². The number of nitrogens with one attached hydrogen (secondary N) is 1. The summed E-state index contributed by atoms with van der Waals surface area (Å²) < 4.78 is 0. The quantitative estimate of drug-likeness (QED) is 0.815. The molecular formula is C19H21NO. The van der Waals surface area contributed by atoms with E-state index in [1.807, 2.05) is 42.5 Å². The molecule has 1 aliphatic carbocycles. The number of benzene rings is 2. The van der Waals surface area contributed by atoms with Crippen molar-refractivity contribution in [3.63, 3.8) is 0 Å². The summed E-state index contributed by atoms with van der Waals surface area (Å²) in [6.07, 6.45) is 3.03. The van der Waals surface area contributed by atoms with Crippen LogP contribution in [0.25, 0.3) is 10.8 Å². The third-order valence-corrected chi connectivity index (χ3v) is 4.46. The van der Waals surface area contributed by atoms with Crippen molar-refractivity contribution >= 4 is 16.7 Å². The number of carbonyl (C=O) groups excluding carboxylic acids is 1. The van der Waals surface area contributed by atoms with E-state index in [4.69, 9.17) is 0 Å². The van der Waals surface area contributed by atoms with Gasteiger partial charge < -0.3 is 5.32 Å². The van der Waals surface area contributed by atoms with Crippen LogP contribution in [0.1, 0.15) is 36.5 Å². The minimum absolute atomic E-state index is 0.0381. The molecule has 1 N–H and O–H groups in total. The summed E-state index contributed by atoms with van der Waals surface area (Å²) in [6.45, 7) is 6.26. The topological polar surface area (TPSA) is 29.1 Å². The van der Waals surface area contributed by atoms with Gasteiger partial charge in [0, 0.05) is 11.6 Å². The zero-order chi connectivity index (χ0) is 14.8. The van der Waals surface area contributed by atoms with E-state index < -0.39 is 0 Å². The second-order valence-corrected chi connectivity index (χ2v) is 6.08. The van der Waals surface area contributed by atoms with Gasteiger partial charge in [-0.2, -0.15) is 0 Å². The van der Waals surface area contributed by atoms with Gasteiger partial charge in [0.25, 0.3) is 5.91 Å². The van der Waals surface area contributed by atoms with Crippen molar-refractivity contribution in [3.8, 4) is 0 Å². The molecule has 2 nitrogen and oxygen atoms in total. The molecule has 2 heteroatoms. The van der Waals surface area contributed by atoms with Crippen LogP contribution in [0.5, 0.6) is 0 Å². The lowest BCUT2D eigenvalue weighted by Crippen LogP contribution is -2.41. The molecule has 0 bridgehead atoms. The maximum Gasteiger partial charge on any atom is 0.252 e. The smallest absolute Gasteiger partial charge is 0.252 e. The highest BCUT2D eigenvalue weighted by Gasteiger charge is 2.25. The second-order valence-electron chi connectivity index (χ2n) is 6.08. The predicted octanol–water partition coefficient (Wildman–Crippen LogP) is 4.31.